The zero-order valence-corrected chi connectivity index (χ0v) is 14.0. The standard InChI is InChI=1S/C18H13F3N2OS/c1-10-8-16(23-13-5-3-2-4-11(10)13)25-9-15(24)22-14-7-6-12(19)17(20)18(14)21/h2-8H,9H2,1H3,(H,22,24). The van der Waals surface area contributed by atoms with E-state index in [1.165, 1.54) is 11.8 Å². The van der Waals surface area contributed by atoms with Crippen LogP contribution in [0, 0.1) is 24.4 Å². The SMILES string of the molecule is Cc1cc(SCC(=O)Nc2ccc(F)c(F)c2F)nc2ccccc12. The first-order chi connectivity index (χ1) is 12.0. The molecule has 128 valence electrons. The van der Waals surface area contributed by atoms with Gasteiger partial charge in [-0.3, -0.25) is 4.79 Å². The normalized spacial score (nSPS) is 10.9. The number of carbonyl (C=O) groups excluding carboxylic acids is 1. The summed E-state index contributed by atoms with van der Waals surface area (Å²) in [5, 5.41) is 3.91. The minimum absolute atomic E-state index is 0.0385. The fourth-order valence-corrected chi connectivity index (χ4v) is 3.11. The third-order valence-electron chi connectivity index (χ3n) is 3.56. The molecule has 0 fully saturated rings. The van der Waals surface area contributed by atoms with Crippen molar-refractivity contribution in [1.82, 2.24) is 4.98 Å². The fourth-order valence-electron chi connectivity index (χ4n) is 2.34. The van der Waals surface area contributed by atoms with Crippen molar-refractivity contribution in [3.63, 3.8) is 0 Å². The molecule has 0 saturated carbocycles. The molecule has 0 bridgehead atoms. The number of halogens is 3. The number of benzene rings is 2. The molecule has 0 saturated heterocycles. The van der Waals surface area contributed by atoms with Gasteiger partial charge in [0.1, 0.15) is 0 Å². The van der Waals surface area contributed by atoms with Crippen molar-refractivity contribution in [2.45, 2.75) is 11.9 Å². The molecule has 0 aliphatic carbocycles. The number of rotatable bonds is 4. The Morgan fingerprint density at radius 3 is 2.68 bits per heavy atom. The summed E-state index contributed by atoms with van der Waals surface area (Å²) in [7, 11) is 0. The number of hydrogen-bond donors (Lipinski definition) is 1. The highest BCUT2D eigenvalue weighted by atomic mass is 32.2. The number of carbonyl (C=O) groups is 1. The average molecular weight is 362 g/mol. The smallest absolute Gasteiger partial charge is 0.234 e. The van der Waals surface area contributed by atoms with E-state index >= 15 is 0 Å². The van der Waals surface area contributed by atoms with Crippen LogP contribution in [0.3, 0.4) is 0 Å². The average Bonchev–Trinajstić information content (AvgIpc) is 2.60. The number of pyridine rings is 1. The molecular formula is C18H13F3N2OS. The lowest BCUT2D eigenvalue weighted by atomic mass is 10.1. The minimum atomic E-state index is -1.61. The van der Waals surface area contributed by atoms with E-state index < -0.39 is 29.0 Å². The molecule has 3 aromatic rings. The van der Waals surface area contributed by atoms with E-state index in [1.807, 2.05) is 37.3 Å². The van der Waals surface area contributed by atoms with E-state index in [-0.39, 0.29) is 5.75 Å². The summed E-state index contributed by atoms with van der Waals surface area (Å²) >= 11 is 1.18. The Hall–Kier alpha value is -2.54. The first kappa shape index (κ1) is 17.3. The molecule has 2 aromatic carbocycles. The molecule has 0 aliphatic heterocycles. The molecule has 1 N–H and O–H groups in total. The van der Waals surface area contributed by atoms with Gasteiger partial charge in [-0.05, 0) is 36.8 Å². The lowest BCUT2D eigenvalue weighted by Crippen LogP contribution is -2.16. The van der Waals surface area contributed by atoms with Crippen LogP contribution in [0.1, 0.15) is 5.56 Å². The van der Waals surface area contributed by atoms with E-state index in [1.54, 1.807) is 0 Å². The molecule has 25 heavy (non-hydrogen) atoms. The topological polar surface area (TPSA) is 42.0 Å². The fraction of sp³-hybridized carbons (Fsp3) is 0.111. The summed E-state index contributed by atoms with van der Waals surface area (Å²) in [4.78, 5) is 16.4. The number of nitrogens with zero attached hydrogens (tertiary/aromatic N) is 1. The van der Waals surface area contributed by atoms with Gasteiger partial charge in [0.15, 0.2) is 17.5 Å². The van der Waals surface area contributed by atoms with Crippen LogP contribution in [0.25, 0.3) is 10.9 Å². The quantitative estimate of drug-likeness (QED) is 0.541. The number of aromatic nitrogens is 1. The van der Waals surface area contributed by atoms with Gasteiger partial charge in [0.25, 0.3) is 0 Å². The molecule has 1 heterocycles. The van der Waals surface area contributed by atoms with Crippen LogP contribution < -0.4 is 5.32 Å². The van der Waals surface area contributed by atoms with Gasteiger partial charge in [0.05, 0.1) is 22.0 Å². The van der Waals surface area contributed by atoms with Crippen LogP contribution in [0.5, 0.6) is 0 Å². The molecule has 0 atom stereocenters. The van der Waals surface area contributed by atoms with Crippen molar-refractivity contribution >= 4 is 34.3 Å². The molecule has 0 spiro atoms. The monoisotopic (exact) mass is 362 g/mol. The van der Waals surface area contributed by atoms with Gasteiger partial charge in [0, 0.05) is 5.39 Å². The highest BCUT2D eigenvalue weighted by Crippen LogP contribution is 2.24. The highest BCUT2D eigenvalue weighted by molar-refractivity contribution is 7.99. The molecular weight excluding hydrogens is 349 g/mol. The predicted molar refractivity (Wildman–Crippen MR) is 92.1 cm³/mol. The molecule has 1 aromatic heterocycles. The van der Waals surface area contributed by atoms with Crippen LogP contribution in [0.15, 0.2) is 47.5 Å². The molecule has 7 heteroatoms. The molecule has 0 radical (unpaired) electrons. The number of nitrogens with one attached hydrogen (secondary N) is 1. The maximum atomic E-state index is 13.6. The summed E-state index contributed by atoms with van der Waals surface area (Å²) in [5.41, 5.74) is 1.45. The Kier molecular flexibility index (Phi) is 4.94. The first-order valence-corrected chi connectivity index (χ1v) is 8.37. The Labute approximate surface area is 146 Å². The van der Waals surface area contributed by atoms with Gasteiger partial charge in [0.2, 0.25) is 5.91 Å². The van der Waals surface area contributed by atoms with Gasteiger partial charge in [-0.25, -0.2) is 18.2 Å². The Bertz CT molecular complexity index is 962. The van der Waals surface area contributed by atoms with Crippen molar-refractivity contribution in [2.75, 3.05) is 11.1 Å². The lowest BCUT2D eigenvalue weighted by molar-refractivity contribution is -0.113. The second-order valence-electron chi connectivity index (χ2n) is 5.35. The Morgan fingerprint density at radius 1 is 1.12 bits per heavy atom. The van der Waals surface area contributed by atoms with Gasteiger partial charge in [-0.2, -0.15) is 0 Å². The second kappa shape index (κ2) is 7.14. The third kappa shape index (κ3) is 3.76. The maximum absolute atomic E-state index is 13.6. The van der Waals surface area contributed by atoms with E-state index in [0.29, 0.717) is 5.03 Å². The number of para-hydroxylation sites is 1. The summed E-state index contributed by atoms with van der Waals surface area (Å²) in [6, 6.07) is 11.2. The van der Waals surface area contributed by atoms with Crippen molar-refractivity contribution in [1.29, 1.82) is 0 Å². The van der Waals surface area contributed by atoms with Gasteiger partial charge >= 0.3 is 0 Å². The Morgan fingerprint density at radius 2 is 1.88 bits per heavy atom. The maximum Gasteiger partial charge on any atom is 0.234 e. The van der Waals surface area contributed by atoms with Gasteiger partial charge in [-0.1, -0.05) is 30.0 Å². The van der Waals surface area contributed by atoms with Crippen molar-refractivity contribution < 1.29 is 18.0 Å². The minimum Gasteiger partial charge on any atom is -0.323 e. The number of hydrogen-bond acceptors (Lipinski definition) is 3. The van der Waals surface area contributed by atoms with Crippen LogP contribution in [-0.2, 0) is 4.79 Å². The van der Waals surface area contributed by atoms with E-state index in [4.69, 9.17) is 0 Å². The van der Waals surface area contributed by atoms with Crippen LogP contribution in [0.2, 0.25) is 0 Å². The van der Waals surface area contributed by atoms with E-state index in [0.717, 1.165) is 28.6 Å². The molecule has 3 nitrogen and oxygen atoms in total. The largest absolute Gasteiger partial charge is 0.323 e. The second-order valence-corrected chi connectivity index (χ2v) is 6.35. The molecule has 0 unspecified atom stereocenters. The number of amides is 1. The zero-order chi connectivity index (χ0) is 18.0. The van der Waals surface area contributed by atoms with Crippen LogP contribution in [0.4, 0.5) is 18.9 Å². The summed E-state index contributed by atoms with van der Waals surface area (Å²) < 4.78 is 39.6. The third-order valence-corrected chi connectivity index (χ3v) is 4.47. The Balaban J connectivity index is 1.70. The zero-order valence-electron chi connectivity index (χ0n) is 13.1. The molecule has 1 amide bonds. The predicted octanol–water partition coefficient (Wildman–Crippen LogP) is 4.69. The number of fused-ring (bicyclic) bond motifs is 1. The lowest BCUT2D eigenvalue weighted by Gasteiger charge is -2.08. The summed E-state index contributed by atoms with van der Waals surface area (Å²) in [5.74, 6) is -4.91. The summed E-state index contributed by atoms with van der Waals surface area (Å²) in [6.07, 6.45) is 0. The van der Waals surface area contributed by atoms with Crippen LogP contribution in [-0.4, -0.2) is 16.6 Å². The van der Waals surface area contributed by atoms with Gasteiger partial charge in [-0.15, -0.1) is 0 Å². The number of anilines is 1. The summed E-state index contributed by atoms with van der Waals surface area (Å²) in [6.45, 7) is 1.95. The van der Waals surface area contributed by atoms with Crippen molar-refractivity contribution in [3.05, 3.63) is 65.5 Å². The van der Waals surface area contributed by atoms with Crippen LogP contribution >= 0.6 is 11.8 Å². The van der Waals surface area contributed by atoms with Crippen molar-refractivity contribution in [3.8, 4) is 0 Å². The number of aryl methyl sites for hydroxylation is 1. The number of thioether (sulfide) groups is 1. The van der Waals surface area contributed by atoms with E-state index in [9.17, 15) is 18.0 Å². The highest BCUT2D eigenvalue weighted by Gasteiger charge is 2.15. The van der Waals surface area contributed by atoms with Crippen molar-refractivity contribution in [2.24, 2.45) is 0 Å². The molecule has 3 rings (SSSR count). The first-order valence-electron chi connectivity index (χ1n) is 7.38. The van der Waals surface area contributed by atoms with Gasteiger partial charge < -0.3 is 5.32 Å². The molecule has 0 aliphatic rings. The van der Waals surface area contributed by atoms with E-state index in [2.05, 4.69) is 10.3 Å².